The molecule has 0 unspecified atom stereocenters. The maximum atomic E-state index is 13.7. The molecule has 0 radical (unpaired) electrons. The second-order valence-corrected chi connectivity index (χ2v) is 9.15. The summed E-state index contributed by atoms with van der Waals surface area (Å²) in [5, 5.41) is 4.86. The van der Waals surface area contributed by atoms with Crippen LogP contribution >= 0.6 is 11.6 Å². The molecule has 0 saturated carbocycles. The third-order valence-corrected chi connectivity index (χ3v) is 7.08. The number of hydrogen-bond donors (Lipinski definition) is 3. The van der Waals surface area contributed by atoms with Gasteiger partial charge in [0.25, 0.3) is 5.91 Å². The average molecular weight is 454 g/mol. The molecule has 32 heavy (non-hydrogen) atoms. The highest BCUT2D eigenvalue weighted by Gasteiger charge is 2.74. The minimum Gasteiger partial charge on any atom is -0.369 e. The van der Waals surface area contributed by atoms with Crippen molar-refractivity contribution in [1.29, 1.82) is 0 Å². The third-order valence-electron chi connectivity index (χ3n) is 6.79. The van der Waals surface area contributed by atoms with E-state index in [1.54, 1.807) is 11.4 Å². The summed E-state index contributed by atoms with van der Waals surface area (Å²) < 4.78 is 0. The Morgan fingerprint density at radius 1 is 1.19 bits per heavy atom. The highest BCUT2D eigenvalue weighted by Crippen LogP contribution is 2.51. The molecule has 5 rings (SSSR count). The number of nitrogens with one attached hydrogen (secondary N) is 1. The number of hydrogen-bond acceptors (Lipinski definition) is 4. The first-order valence-electron chi connectivity index (χ1n) is 10.4. The molecule has 3 heterocycles. The first kappa shape index (κ1) is 20.7. The number of aryl methyl sites for hydroxylation is 1. The standard InChI is InChI=1S/C23H21ClN4O4/c1-11-7-13-19(14(24)8-11)26-22(32)23(13)18-17(15(27-23)9-16(25)29)20(30)28(21(18)31)10-12-5-3-2-4-6-12/h2-8,15,17-18,27H,9-10H2,1H3,(H2,25,29)(H,26,32)/p+1/t15-,17+,18-,23+/m0/s1. The van der Waals surface area contributed by atoms with Gasteiger partial charge in [0, 0.05) is 5.56 Å². The Balaban J connectivity index is 1.64. The van der Waals surface area contributed by atoms with Gasteiger partial charge in [0.05, 0.1) is 23.7 Å². The fourth-order valence-corrected chi connectivity index (χ4v) is 5.88. The van der Waals surface area contributed by atoms with Gasteiger partial charge in [-0.3, -0.25) is 24.1 Å². The Hall–Kier alpha value is -3.23. The number of anilines is 1. The summed E-state index contributed by atoms with van der Waals surface area (Å²) in [6.45, 7) is 1.95. The van der Waals surface area contributed by atoms with E-state index in [9.17, 15) is 19.2 Å². The van der Waals surface area contributed by atoms with Crippen molar-refractivity contribution < 1.29 is 24.5 Å². The van der Waals surface area contributed by atoms with Crippen LogP contribution in [0.5, 0.6) is 0 Å². The highest BCUT2D eigenvalue weighted by atomic mass is 35.5. The van der Waals surface area contributed by atoms with Crippen molar-refractivity contribution >= 4 is 40.9 Å². The maximum absolute atomic E-state index is 13.7. The molecule has 2 fully saturated rings. The number of amides is 4. The molecular formula is C23H22ClN4O4+. The molecule has 8 nitrogen and oxygen atoms in total. The second-order valence-electron chi connectivity index (χ2n) is 8.75. The zero-order chi connectivity index (χ0) is 22.8. The lowest BCUT2D eigenvalue weighted by atomic mass is 9.76. The molecule has 5 N–H and O–H groups in total. The minimum absolute atomic E-state index is 0.105. The summed E-state index contributed by atoms with van der Waals surface area (Å²) >= 11 is 6.40. The molecule has 2 aromatic rings. The fourth-order valence-electron chi connectivity index (χ4n) is 5.55. The van der Waals surface area contributed by atoms with Crippen LogP contribution in [-0.2, 0) is 31.3 Å². The monoisotopic (exact) mass is 453 g/mol. The predicted molar refractivity (Wildman–Crippen MR) is 115 cm³/mol. The summed E-state index contributed by atoms with van der Waals surface area (Å²) in [6.07, 6.45) is -0.122. The van der Waals surface area contributed by atoms with Crippen molar-refractivity contribution in [2.24, 2.45) is 17.6 Å². The van der Waals surface area contributed by atoms with Crippen molar-refractivity contribution in [2.45, 2.75) is 31.5 Å². The van der Waals surface area contributed by atoms with Gasteiger partial charge in [-0.15, -0.1) is 0 Å². The number of carbonyl (C=O) groups excluding carboxylic acids is 4. The molecule has 0 aromatic heterocycles. The van der Waals surface area contributed by atoms with Gasteiger partial charge >= 0.3 is 0 Å². The van der Waals surface area contributed by atoms with Crippen molar-refractivity contribution in [1.82, 2.24) is 4.90 Å². The second kappa shape index (κ2) is 7.15. The molecule has 2 saturated heterocycles. The zero-order valence-electron chi connectivity index (χ0n) is 17.3. The molecule has 4 atom stereocenters. The molecule has 3 aliphatic rings. The predicted octanol–water partition coefficient (Wildman–Crippen LogP) is 0.418. The van der Waals surface area contributed by atoms with Crippen molar-refractivity contribution in [2.75, 3.05) is 5.32 Å². The normalized spacial score (nSPS) is 28.2. The van der Waals surface area contributed by atoms with Crippen LogP contribution in [0.4, 0.5) is 5.69 Å². The number of nitrogens with two attached hydrogens (primary N) is 2. The van der Waals surface area contributed by atoms with Crippen molar-refractivity contribution in [3.63, 3.8) is 0 Å². The first-order valence-corrected chi connectivity index (χ1v) is 10.8. The van der Waals surface area contributed by atoms with Gasteiger partial charge < -0.3 is 16.4 Å². The maximum Gasteiger partial charge on any atom is 0.291 e. The molecule has 2 aromatic carbocycles. The van der Waals surface area contributed by atoms with Crippen LogP contribution in [0.2, 0.25) is 5.02 Å². The van der Waals surface area contributed by atoms with E-state index < -0.39 is 41.1 Å². The van der Waals surface area contributed by atoms with Gasteiger partial charge in [0.2, 0.25) is 23.3 Å². The molecule has 4 amide bonds. The van der Waals surface area contributed by atoms with Gasteiger partial charge in [0.15, 0.2) is 0 Å². The zero-order valence-corrected chi connectivity index (χ0v) is 18.1. The minimum atomic E-state index is -1.38. The Bertz CT molecular complexity index is 1180. The van der Waals surface area contributed by atoms with E-state index in [4.69, 9.17) is 17.3 Å². The molecular weight excluding hydrogens is 432 g/mol. The number of benzene rings is 2. The van der Waals surface area contributed by atoms with E-state index in [1.807, 2.05) is 43.3 Å². The summed E-state index contributed by atoms with van der Waals surface area (Å²) in [5.74, 6) is -3.61. The highest BCUT2D eigenvalue weighted by molar-refractivity contribution is 6.35. The van der Waals surface area contributed by atoms with Gasteiger partial charge in [0.1, 0.15) is 17.9 Å². The smallest absolute Gasteiger partial charge is 0.291 e. The fraction of sp³-hybridized carbons (Fsp3) is 0.304. The molecule has 164 valence electrons. The van der Waals surface area contributed by atoms with Crippen LogP contribution in [0.15, 0.2) is 42.5 Å². The van der Waals surface area contributed by atoms with Crippen LogP contribution in [0.25, 0.3) is 0 Å². The van der Waals surface area contributed by atoms with Crippen LogP contribution in [0.1, 0.15) is 23.1 Å². The Morgan fingerprint density at radius 3 is 2.59 bits per heavy atom. The lowest BCUT2D eigenvalue weighted by Crippen LogP contribution is -2.99. The van der Waals surface area contributed by atoms with E-state index in [0.717, 1.165) is 11.1 Å². The topological polar surface area (TPSA) is 126 Å². The van der Waals surface area contributed by atoms with Gasteiger partial charge in [-0.05, 0) is 30.2 Å². The summed E-state index contributed by atoms with van der Waals surface area (Å²) in [4.78, 5) is 53.6. The lowest BCUT2D eigenvalue weighted by molar-refractivity contribution is -0.732. The van der Waals surface area contributed by atoms with E-state index in [1.165, 1.54) is 4.90 Å². The van der Waals surface area contributed by atoms with Crippen LogP contribution < -0.4 is 16.4 Å². The van der Waals surface area contributed by atoms with Crippen LogP contribution in [0, 0.1) is 18.8 Å². The Labute approximate surface area is 189 Å². The number of imide groups is 1. The Morgan fingerprint density at radius 2 is 1.91 bits per heavy atom. The SMILES string of the molecule is Cc1cc(Cl)c2c(c1)[C@]1([NH2+][C@@H](CC(N)=O)[C@H]3C(=O)N(Cc4ccccc4)C(=O)[C@H]31)C(=O)N2. The number of primary amides is 1. The first-order chi connectivity index (χ1) is 15.2. The van der Waals surface area contributed by atoms with E-state index in [0.29, 0.717) is 16.3 Å². The van der Waals surface area contributed by atoms with Gasteiger partial charge in [-0.25, -0.2) is 0 Å². The molecule has 3 aliphatic heterocycles. The van der Waals surface area contributed by atoms with Crippen LogP contribution in [-0.4, -0.2) is 34.6 Å². The third kappa shape index (κ3) is 2.79. The molecule has 1 spiro atoms. The largest absolute Gasteiger partial charge is 0.369 e. The van der Waals surface area contributed by atoms with E-state index in [2.05, 4.69) is 5.32 Å². The molecule has 9 heteroatoms. The van der Waals surface area contributed by atoms with Crippen LogP contribution in [0.3, 0.4) is 0 Å². The van der Waals surface area contributed by atoms with Crippen molar-refractivity contribution in [3.05, 3.63) is 64.2 Å². The molecule has 0 aliphatic carbocycles. The number of carbonyl (C=O) groups is 4. The number of nitrogens with zero attached hydrogens (tertiary/aromatic N) is 1. The number of likely N-dealkylation sites (tertiary alicyclic amines) is 1. The van der Waals surface area contributed by atoms with Gasteiger partial charge in [-0.2, -0.15) is 0 Å². The number of quaternary nitrogens is 1. The summed E-state index contributed by atoms with van der Waals surface area (Å²) in [5.41, 5.74) is 6.72. The lowest BCUT2D eigenvalue weighted by Gasteiger charge is -2.26. The summed E-state index contributed by atoms with van der Waals surface area (Å²) in [7, 11) is 0. The van der Waals surface area contributed by atoms with E-state index >= 15 is 0 Å². The number of halogens is 1. The molecule has 0 bridgehead atoms. The van der Waals surface area contributed by atoms with Crippen molar-refractivity contribution in [3.8, 4) is 0 Å². The number of fused-ring (bicyclic) bond motifs is 4. The Kier molecular flexibility index (Phi) is 4.61. The summed E-state index contributed by atoms with van der Waals surface area (Å²) in [6, 6.07) is 12.1. The van der Waals surface area contributed by atoms with E-state index in [-0.39, 0.29) is 18.9 Å². The number of rotatable bonds is 4. The van der Waals surface area contributed by atoms with Gasteiger partial charge in [-0.1, -0.05) is 41.9 Å². The quantitative estimate of drug-likeness (QED) is 0.580. The average Bonchev–Trinajstić information content (AvgIpc) is 3.30.